The van der Waals surface area contributed by atoms with Crippen LogP contribution < -0.4 is 5.73 Å². The number of aryl methyl sites for hydroxylation is 1. The highest BCUT2D eigenvalue weighted by atomic mass is 15.3. The summed E-state index contributed by atoms with van der Waals surface area (Å²) in [6.45, 7) is 2.08. The number of hydrogen-bond acceptors (Lipinski definition) is 2. The molecule has 0 aliphatic rings. The molecule has 1 heterocycles. The standard InChI is InChI=1S/C16H15N3/c1-12-7-8-13(17)11-15(12)16-9-10-18-19(16)14-5-3-2-4-6-14/h2-11H,17H2,1H3. The van der Waals surface area contributed by atoms with E-state index in [4.69, 9.17) is 5.73 Å². The second-order valence-corrected chi connectivity index (χ2v) is 4.54. The monoisotopic (exact) mass is 249 g/mol. The summed E-state index contributed by atoms with van der Waals surface area (Å²) < 4.78 is 1.93. The van der Waals surface area contributed by atoms with E-state index in [0.717, 1.165) is 22.6 Å². The number of aromatic nitrogens is 2. The highest BCUT2D eigenvalue weighted by Gasteiger charge is 2.09. The van der Waals surface area contributed by atoms with Crippen LogP contribution in [0.25, 0.3) is 16.9 Å². The second kappa shape index (κ2) is 4.61. The molecule has 3 nitrogen and oxygen atoms in total. The second-order valence-electron chi connectivity index (χ2n) is 4.54. The predicted octanol–water partition coefficient (Wildman–Crippen LogP) is 3.43. The van der Waals surface area contributed by atoms with Gasteiger partial charge >= 0.3 is 0 Å². The molecule has 94 valence electrons. The van der Waals surface area contributed by atoms with Gasteiger partial charge in [-0.2, -0.15) is 5.10 Å². The molecule has 3 aromatic rings. The number of nitrogens with zero attached hydrogens (tertiary/aromatic N) is 2. The maximum absolute atomic E-state index is 5.89. The van der Waals surface area contributed by atoms with E-state index in [2.05, 4.69) is 12.0 Å². The van der Waals surface area contributed by atoms with Gasteiger partial charge in [-0.3, -0.25) is 0 Å². The lowest BCUT2D eigenvalue weighted by atomic mass is 10.0. The van der Waals surface area contributed by atoms with Crippen molar-refractivity contribution >= 4 is 5.69 Å². The Morgan fingerprint density at radius 3 is 2.58 bits per heavy atom. The number of hydrogen-bond donors (Lipinski definition) is 1. The molecule has 0 aliphatic carbocycles. The molecule has 3 rings (SSSR count). The Balaban J connectivity index is 2.18. The van der Waals surface area contributed by atoms with E-state index >= 15 is 0 Å². The minimum Gasteiger partial charge on any atom is -0.399 e. The van der Waals surface area contributed by atoms with Crippen molar-refractivity contribution in [2.45, 2.75) is 6.92 Å². The van der Waals surface area contributed by atoms with Gasteiger partial charge in [0.25, 0.3) is 0 Å². The van der Waals surface area contributed by atoms with Crippen molar-refractivity contribution in [1.82, 2.24) is 9.78 Å². The smallest absolute Gasteiger partial charge is 0.0744 e. The quantitative estimate of drug-likeness (QED) is 0.707. The van der Waals surface area contributed by atoms with Gasteiger partial charge in [0, 0.05) is 11.3 Å². The Labute approximate surface area is 112 Å². The molecule has 3 heteroatoms. The molecule has 19 heavy (non-hydrogen) atoms. The molecular formula is C16H15N3. The summed E-state index contributed by atoms with van der Waals surface area (Å²) in [6, 6.07) is 18.0. The predicted molar refractivity (Wildman–Crippen MR) is 78.1 cm³/mol. The van der Waals surface area contributed by atoms with Crippen LogP contribution in [0, 0.1) is 6.92 Å². The van der Waals surface area contributed by atoms with Crippen LogP contribution >= 0.6 is 0 Å². The van der Waals surface area contributed by atoms with Crippen LogP contribution in [0.1, 0.15) is 5.56 Å². The molecule has 2 aromatic carbocycles. The Morgan fingerprint density at radius 1 is 1.00 bits per heavy atom. The fourth-order valence-corrected chi connectivity index (χ4v) is 2.20. The van der Waals surface area contributed by atoms with Crippen LogP contribution in [-0.2, 0) is 0 Å². The first-order valence-corrected chi connectivity index (χ1v) is 6.21. The molecule has 0 saturated carbocycles. The van der Waals surface area contributed by atoms with Gasteiger partial charge in [0.1, 0.15) is 0 Å². The third-order valence-corrected chi connectivity index (χ3v) is 3.18. The lowest BCUT2D eigenvalue weighted by molar-refractivity contribution is 0.887. The molecule has 0 saturated heterocycles. The number of anilines is 1. The van der Waals surface area contributed by atoms with Crippen LogP contribution in [-0.4, -0.2) is 9.78 Å². The summed E-state index contributed by atoms with van der Waals surface area (Å²) >= 11 is 0. The number of para-hydroxylation sites is 1. The van der Waals surface area contributed by atoms with Gasteiger partial charge in [0.2, 0.25) is 0 Å². The lowest BCUT2D eigenvalue weighted by Crippen LogP contribution is -2.00. The first-order valence-electron chi connectivity index (χ1n) is 6.21. The first-order chi connectivity index (χ1) is 9.25. The molecule has 0 amide bonds. The zero-order chi connectivity index (χ0) is 13.2. The first kappa shape index (κ1) is 11.5. The fourth-order valence-electron chi connectivity index (χ4n) is 2.20. The number of nitrogen functional groups attached to an aromatic ring is 1. The van der Waals surface area contributed by atoms with E-state index in [1.165, 1.54) is 5.56 Å². The molecule has 0 fully saturated rings. The third-order valence-electron chi connectivity index (χ3n) is 3.18. The van der Waals surface area contributed by atoms with Crippen molar-refractivity contribution in [3.05, 3.63) is 66.4 Å². The van der Waals surface area contributed by atoms with Crippen LogP contribution in [0.2, 0.25) is 0 Å². The summed E-state index contributed by atoms with van der Waals surface area (Å²) in [5.41, 5.74) is 11.1. The Morgan fingerprint density at radius 2 is 1.79 bits per heavy atom. The van der Waals surface area contributed by atoms with E-state index in [9.17, 15) is 0 Å². The van der Waals surface area contributed by atoms with Crippen molar-refractivity contribution in [3.8, 4) is 16.9 Å². The zero-order valence-corrected chi connectivity index (χ0v) is 10.7. The van der Waals surface area contributed by atoms with E-state index in [-0.39, 0.29) is 0 Å². The Bertz CT molecular complexity index is 699. The van der Waals surface area contributed by atoms with Gasteiger partial charge in [-0.25, -0.2) is 4.68 Å². The van der Waals surface area contributed by atoms with E-state index in [1.54, 1.807) is 0 Å². The van der Waals surface area contributed by atoms with Crippen LogP contribution in [0.3, 0.4) is 0 Å². The van der Waals surface area contributed by atoms with Crippen LogP contribution in [0.4, 0.5) is 5.69 Å². The molecule has 1 aromatic heterocycles. The van der Waals surface area contributed by atoms with Crippen molar-refractivity contribution < 1.29 is 0 Å². The van der Waals surface area contributed by atoms with Gasteiger partial charge in [-0.05, 0) is 42.8 Å². The number of rotatable bonds is 2. The highest BCUT2D eigenvalue weighted by Crippen LogP contribution is 2.27. The van der Waals surface area contributed by atoms with Gasteiger partial charge in [0.15, 0.2) is 0 Å². The zero-order valence-electron chi connectivity index (χ0n) is 10.7. The average molecular weight is 249 g/mol. The third kappa shape index (κ3) is 2.10. The molecule has 0 spiro atoms. The summed E-state index contributed by atoms with van der Waals surface area (Å²) in [6.07, 6.45) is 1.81. The molecule has 0 unspecified atom stereocenters. The largest absolute Gasteiger partial charge is 0.399 e. The maximum atomic E-state index is 5.89. The Hall–Kier alpha value is -2.55. The average Bonchev–Trinajstić information content (AvgIpc) is 2.91. The Kier molecular flexibility index (Phi) is 2.80. The summed E-state index contributed by atoms with van der Waals surface area (Å²) in [5.74, 6) is 0. The highest BCUT2D eigenvalue weighted by molar-refractivity contribution is 5.69. The van der Waals surface area contributed by atoms with E-state index in [1.807, 2.05) is 65.5 Å². The van der Waals surface area contributed by atoms with E-state index < -0.39 is 0 Å². The summed E-state index contributed by atoms with van der Waals surface area (Å²) in [7, 11) is 0. The van der Waals surface area contributed by atoms with Crippen molar-refractivity contribution in [2.24, 2.45) is 0 Å². The molecular weight excluding hydrogens is 234 g/mol. The lowest BCUT2D eigenvalue weighted by Gasteiger charge is -2.10. The van der Waals surface area contributed by atoms with Gasteiger partial charge < -0.3 is 5.73 Å². The van der Waals surface area contributed by atoms with Crippen molar-refractivity contribution in [1.29, 1.82) is 0 Å². The van der Waals surface area contributed by atoms with E-state index in [0.29, 0.717) is 0 Å². The van der Waals surface area contributed by atoms with Gasteiger partial charge in [0.05, 0.1) is 17.6 Å². The minimum atomic E-state index is 0.765. The van der Waals surface area contributed by atoms with Crippen LogP contribution in [0.15, 0.2) is 60.8 Å². The SMILES string of the molecule is Cc1ccc(N)cc1-c1ccnn1-c1ccccc1. The van der Waals surface area contributed by atoms with Gasteiger partial charge in [-0.1, -0.05) is 24.3 Å². The topological polar surface area (TPSA) is 43.8 Å². The van der Waals surface area contributed by atoms with Crippen molar-refractivity contribution in [2.75, 3.05) is 5.73 Å². The molecule has 0 atom stereocenters. The summed E-state index contributed by atoms with van der Waals surface area (Å²) in [5, 5.41) is 4.41. The minimum absolute atomic E-state index is 0.765. The van der Waals surface area contributed by atoms with Crippen molar-refractivity contribution in [3.63, 3.8) is 0 Å². The van der Waals surface area contributed by atoms with Crippen LogP contribution in [0.5, 0.6) is 0 Å². The molecule has 0 radical (unpaired) electrons. The van der Waals surface area contributed by atoms with Gasteiger partial charge in [-0.15, -0.1) is 0 Å². The molecule has 0 aliphatic heterocycles. The fraction of sp³-hybridized carbons (Fsp3) is 0.0625. The molecule has 2 N–H and O–H groups in total. The number of benzene rings is 2. The number of nitrogens with two attached hydrogens (primary N) is 1. The molecule has 0 bridgehead atoms. The summed E-state index contributed by atoms with van der Waals surface area (Å²) in [4.78, 5) is 0. The maximum Gasteiger partial charge on any atom is 0.0744 e. The normalized spacial score (nSPS) is 10.6.